The van der Waals surface area contributed by atoms with E-state index in [9.17, 15) is 5.11 Å². The minimum Gasteiger partial charge on any atom is -0.507 e. The van der Waals surface area contributed by atoms with Crippen molar-refractivity contribution >= 4 is 0 Å². The Morgan fingerprint density at radius 1 is 0.167 bits per heavy atom. The molecular weight excluding hydrogens is 869 g/mol. The third kappa shape index (κ3) is 5.27. The van der Waals surface area contributed by atoms with Crippen molar-refractivity contribution in [3.05, 3.63) is 326 Å². The van der Waals surface area contributed by atoms with Crippen LogP contribution in [-0.2, 0) is 0 Å². The summed E-state index contributed by atoms with van der Waals surface area (Å²) in [5, 5.41) is 14.9. The first-order chi connectivity index (χ1) is 35.7. The van der Waals surface area contributed by atoms with Crippen LogP contribution >= 0.6 is 0 Å². The standard InChI is InChI=1S/C71H46O/c72-71-69(64-57-37-17-7-27-47(57)48-28-8-18-38-58(48)64)67(62-53-33-13-3-23-43(53)44-24-4-14-34-54(44)62)66(61-51-31-11-1-21-41(51)42-22-2-12-32-52(42)61)68(63-55-35-15-5-25-45(55)46-26-6-16-36-56(46)63)70(71)65-59-39-19-9-29-49(59)50-30-10-20-40-60(50)65/h1-40,61-65,72H. The van der Waals surface area contributed by atoms with Crippen molar-refractivity contribution in [1.29, 1.82) is 0 Å². The molecule has 0 fully saturated rings. The quantitative estimate of drug-likeness (QED) is 0.182. The number of hydrogen-bond donors (Lipinski definition) is 1. The van der Waals surface area contributed by atoms with E-state index in [4.69, 9.17) is 0 Å². The zero-order chi connectivity index (χ0) is 47.2. The van der Waals surface area contributed by atoms with Gasteiger partial charge < -0.3 is 5.11 Å². The molecule has 0 atom stereocenters. The smallest absolute Gasteiger partial charge is 0.124 e. The van der Waals surface area contributed by atoms with Crippen molar-refractivity contribution < 1.29 is 5.11 Å². The van der Waals surface area contributed by atoms with Crippen molar-refractivity contribution in [2.24, 2.45) is 0 Å². The van der Waals surface area contributed by atoms with E-state index in [1.165, 1.54) is 128 Å². The molecule has 0 aliphatic heterocycles. The first-order valence-corrected chi connectivity index (χ1v) is 25.6. The average molecular weight is 915 g/mol. The zero-order valence-corrected chi connectivity index (χ0v) is 39.4. The molecule has 0 aromatic heterocycles. The second kappa shape index (κ2) is 15.1. The van der Waals surface area contributed by atoms with E-state index in [-0.39, 0.29) is 29.6 Å². The summed E-state index contributed by atoms with van der Waals surface area (Å²) in [6.07, 6.45) is 0. The largest absolute Gasteiger partial charge is 0.507 e. The zero-order valence-electron chi connectivity index (χ0n) is 39.4. The van der Waals surface area contributed by atoms with Crippen molar-refractivity contribution in [3.8, 4) is 61.4 Å². The van der Waals surface area contributed by atoms with Crippen LogP contribution in [0.4, 0.5) is 0 Å². The molecule has 0 heterocycles. The minimum absolute atomic E-state index is 0.167. The Hall–Kier alpha value is -8.78. The second-order valence-electron chi connectivity index (χ2n) is 20.5. The molecule has 72 heavy (non-hydrogen) atoms. The van der Waals surface area contributed by atoms with Crippen molar-refractivity contribution in [1.82, 2.24) is 0 Å². The highest BCUT2D eigenvalue weighted by Crippen LogP contribution is 2.66. The van der Waals surface area contributed by atoms with Gasteiger partial charge in [0.15, 0.2) is 0 Å². The third-order valence-electron chi connectivity index (χ3n) is 17.3. The third-order valence-corrected chi connectivity index (χ3v) is 17.3. The number of phenols is 1. The molecule has 11 aromatic carbocycles. The average Bonchev–Trinajstić information content (AvgIpc) is 4.23. The lowest BCUT2D eigenvalue weighted by Gasteiger charge is -2.37. The van der Waals surface area contributed by atoms with Crippen molar-refractivity contribution in [2.45, 2.75) is 29.6 Å². The predicted molar refractivity (Wildman–Crippen MR) is 292 cm³/mol. The number of benzene rings is 11. The summed E-state index contributed by atoms with van der Waals surface area (Å²) in [7, 11) is 0. The summed E-state index contributed by atoms with van der Waals surface area (Å²) in [5.41, 5.74) is 31.0. The van der Waals surface area contributed by atoms with E-state index < -0.39 is 0 Å². The SMILES string of the molecule is Oc1c(C2c3ccccc3-c3ccccc32)c(C2c3ccccc3-c3ccccc32)c(C2c3ccccc3-c3ccccc32)c(C2c3ccccc3-c3ccccc32)c1C1c2ccccc2-c2ccccc21. The van der Waals surface area contributed by atoms with Crippen LogP contribution in [0, 0.1) is 0 Å². The molecular formula is C71H46O. The van der Waals surface area contributed by atoms with Gasteiger partial charge in [-0.15, -0.1) is 0 Å². The normalized spacial score (nSPS) is 14.7. The maximum absolute atomic E-state index is 14.9. The molecule has 0 bridgehead atoms. The first kappa shape index (κ1) is 40.0. The molecule has 0 radical (unpaired) electrons. The fraction of sp³-hybridized carbons (Fsp3) is 0.0704. The Bertz CT molecular complexity index is 3670. The highest BCUT2D eigenvalue weighted by molar-refractivity contribution is 5.92. The Kier molecular flexibility index (Phi) is 8.40. The number of phenolic OH excluding ortho intramolecular Hbond substituents is 1. The number of fused-ring (bicyclic) bond motifs is 15. The Balaban J connectivity index is 1.18. The van der Waals surface area contributed by atoms with Gasteiger partial charge in [-0.3, -0.25) is 0 Å². The Labute approximate surface area is 420 Å². The predicted octanol–water partition coefficient (Wildman–Crippen LogP) is 17.2. The molecule has 5 aliphatic rings. The minimum atomic E-state index is -0.263. The maximum Gasteiger partial charge on any atom is 0.124 e. The van der Waals surface area contributed by atoms with Gasteiger partial charge in [-0.2, -0.15) is 0 Å². The fourth-order valence-electron chi connectivity index (χ4n) is 14.7. The van der Waals surface area contributed by atoms with Gasteiger partial charge in [0.2, 0.25) is 0 Å². The number of hydrogen-bond acceptors (Lipinski definition) is 1. The molecule has 0 saturated heterocycles. The van der Waals surface area contributed by atoms with Gasteiger partial charge in [-0.1, -0.05) is 243 Å². The van der Waals surface area contributed by atoms with Gasteiger partial charge in [0.25, 0.3) is 0 Å². The summed E-state index contributed by atoms with van der Waals surface area (Å²) in [4.78, 5) is 0. The van der Waals surface area contributed by atoms with Gasteiger partial charge in [0.05, 0.1) is 0 Å². The molecule has 5 aliphatic carbocycles. The van der Waals surface area contributed by atoms with Crippen LogP contribution in [0.1, 0.15) is 113 Å². The molecule has 0 saturated carbocycles. The van der Waals surface area contributed by atoms with Gasteiger partial charge in [-0.25, -0.2) is 0 Å². The molecule has 336 valence electrons. The molecule has 0 amide bonds. The molecule has 16 rings (SSSR count). The Morgan fingerprint density at radius 2 is 0.292 bits per heavy atom. The summed E-state index contributed by atoms with van der Waals surface area (Å²) in [6.45, 7) is 0. The number of rotatable bonds is 5. The van der Waals surface area contributed by atoms with Gasteiger partial charge in [-0.05, 0) is 128 Å². The van der Waals surface area contributed by atoms with Crippen molar-refractivity contribution in [2.75, 3.05) is 0 Å². The highest BCUT2D eigenvalue weighted by atomic mass is 16.3. The summed E-state index contributed by atoms with van der Waals surface area (Å²) in [5.74, 6) is -0.687. The van der Waals surface area contributed by atoms with Crippen LogP contribution in [0.3, 0.4) is 0 Å². The van der Waals surface area contributed by atoms with E-state index in [1.54, 1.807) is 0 Å². The monoisotopic (exact) mass is 914 g/mol. The molecule has 11 aromatic rings. The van der Waals surface area contributed by atoms with Gasteiger partial charge >= 0.3 is 0 Å². The van der Waals surface area contributed by atoms with Crippen LogP contribution in [0.25, 0.3) is 55.6 Å². The molecule has 1 nitrogen and oxygen atoms in total. The topological polar surface area (TPSA) is 20.2 Å². The van der Waals surface area contributed by atoms with Crippen molar-refractivity contribution in [3.63, 3.8) is 0 Å². The van der Waals surface area contributed by atoms with E-state index in [1.807, 2.05) is 0 Å². The van der Waals surface area contributed by atoms with Crippen LogP contribution in [0.15, 0.2) is 243 Å². The molecule has 0 spiro atoms. The maximum atomic E-state index is 14.9. The molecule has 1 N–H and O–H groups in total. The summed E-state index contributed by atoms with van der Waals surface area (Å²) in [6, 6.07) is 90.8. The van der Waals surface area contributed by atoms with Crippen LogP contribution in [0.5, 0.6) is 5.75 Å². The van der Waals surface area contributed by atoms with Crippen LogP contribution in [0.2, 0.25) is 0 Å². The second-order valence-corrected chi connectivity index (χ2v) is 20.5. The lowest BCUT2D eigenvalue weighted by molar-refractivity contribution is 0.455. The summed E-state index contributed by atoms with van der Waals surface area (Å²) < 4.78 is 0. The molecule has 1 heteroatoms. The van der Waals surface area contributed by atoms with Gasteiger partial charge in [0.1, 0.15) is 5.75 Å². The molecule has 0 unspecified atom stereocenters. The lowest BCUT2D eigenvalue weighted by atomic mass is 9.65. The fourth-order valence-corrected chi connectivity index (χ4v) is 14.7. The van der Waals surface area contributed by atoms with E-state index >= 15 is 0 Å². The van der Waals surface area contributed by atoms with E-state index in [2.05, 4.69) is 243 Å². The number of aromatic hydroxyl groups is 1. The lowest BCUT2D eigenvalue weighted by Crippen LogP contribution is -2.22. The Morgan fingerprint density at radius 3 is 0.458 bits per heavy atom. The first-order valence-electron chi connectivity index (χ1n) is 25.6. The van der Waals surface area contributed by atoms with Gasteiger partial charge in [0, 0.05) is 40.7 Å². The van der Waals surface area contributed by atoms with Crippen LogP contribution < -0.4 is 0 Å². The van der Waals surface area contributed by atoms with Crippen LogP contribution in [-0.4, -0.2) is 5.11 Å². The highest BCUT2D eigenvalue weighted by Gasteiger charge is 2.49. The van der Waals surface area contributed by atoms with E-state index in [0.717, 1.165) is 11.1 Å². The summed E-state index contributed by atoms with van der Waals surface area (Å²) >= 11 is 0. The van der Waals surface area contributed by atoms with E-state index in [0.29, 0.717) is 5.75 Å².